The van der Waals surface area contributed by atoms with E-state index in [9.17, 15) is 8.78 Å². The minimum atomic E-state index is -0.899. The molecule has 0 amide bonds. The summed E-state index contributed by atoms with van der Waals surface area (Å²) < 4.78 is 31.3. The van der Waals surface area contributed by atoms with Crippen molar-refractivity contribution < 1.29 is 18.6 Å². The summed E-state index contributed by atoms with van der Waals surface area (Å²) in [6.07, 6.45) is 0.681. The molecule has 0 aromatic heterocycles. The predicted molar refractivity (Wildman–Crippen MR) is 53.3 cm³/mol. The number of hydrogen-bond donors (Lipinski definition) is 1. The first-order valence-corrected chi connectivity index (χ1v) is 4.80. The van der Waals surface area contributed by atoms with Crippen LogP contribution in [0.2, 0.25) is 5.02 Å². The number of ether oxygens (including phenoxy) is 1. The van der Waals surface area contributed by atoms with Gasteiger partial charge in [-0.15, -0.1) is 0 Å². The fraction of sp³-hybridized carbons (Fsp3) is 0.400. The van der Waals surface area contributed by atoms with Gasteiger partial charge in [-0.3, -0.25) is 0 Å². The molecule has 1 aromatic rings. The van der Waals surface area contributed by atoms with Crippen LogP contribution in [0.1, 0.15) is 12.0 Å². The minimum absolute atomic E-state index is 0.0588. The molecule has 0 aliphatic heterocycles. The lowest BCUT2D eigenvalue weighted by Gasteiger charge is -2.09. The van der Waals surface area contributed by atoms with Gasteiger partial charge in [-0.2, -0.15) is 0 Å². The number of methoxy groups -OCH3 is 1. The van der Waals surface area contributed by atoms with Gasteiger partial charge in [0.15, 0.2) is 17.4 Å². The van der Waals surface area contributed by atoms with E-state index in [1.54, 1.807) is 0 Å². The maximum atomic E-state index is 13.5. The van der Waals surface area contributed by atoms with Crippen LogP contribution in [0, 0.1) is 11.6 Å². The largest absolute Gasteiger partial charge is 0.491 e. The van der Waals surface area contributed by atoms with E-state index < -0.39 is 17.4 Å². The minimum Gasteiger partial charge on any atom is -0.491 e. The molecule has 0 saturated heterocycles. The summed E-state index contributed by atoms with van der Waals surface area (Å²) in [5, 5.41) is 8.43. The molecule has 2 nitrogen and oxygen atoms in total. The number of benzene rings is 1. The smallest absolute Gasteiger partial charge is 0.192 e. The van der Waals surface area contributed by atoms with Crippen molar-refractivity contribution in [3.05, 3.63) is 28.3 Å². The third-order valence-electron chi connectivity index (χ3n) is 2.00. The van der Waals surface area contributed by atoms with Crippen molar-refractivity contribution in [2.45, 2.75) is 12.8 Å². The van der Waals surface area contributed by atoms with Gasteiger partial charge in [-0.25, -0.2) is 8.78 Å². The van der Waals surface area contributed by atoms with Crippen molar-refractivity contribution in [1.29, 1.82) is 0 Å². The second kappa shape index (κ2) is 5.28. The highest BCUT2D eigenvalue weighted by atomic mass is 35.5. The molecule has 0 radical (unpaired) electrons. The third kappa shape index (κ3) is 2.58. The molecule has 0 fully saturated rings. The molecule has 0 saturated carbocycles. The van der Waals surface area contributed by atoms with Crippen LogP contribution in [-0.2, 0) is 6.42 Å². The molecule has 0 aliphatic carbocycles. The van der Waals surface area contributed by atoms with Crippen LogP contribution in [0.4, 0.5) is 8.78 Å². The molecular formula is C10H11ClF2O2. The third-order valence-corrected chi connectivity index (χ3v) is 2.27. The first kappa shape index (κ1) is 12.2. The van der Waals surface area contributed by atoms with Gasteiger partial charge >= 0.3 is 0 Å². The number of aliphatic hydroxyl groups is 1. The van der Waals surface area contributed by atoms with Crippen LogP contribution >= 0.6 is 11.6 Å². The Labute approximate surface area is 91.4 Å². The second-order valence-electron chi connectivity index (χ2n) is 3.01. The van der Waals surface area contributed by atoms with Gasteiger partial charge < -0.3 is 9.84 Å². The van der Waals surface area contributed by atoms with Gasteiger partial charge in [0.2, 0.25) is 0 Å². The Kier molecular flexibility index (Phi) is 4.29. The molecule has 0 unspecified atom stereocenters. The van der Waals surface area contributed by atoms with Crippen molar-refractivity contribution in [2.75, 3.05) is 13.7 Å². The molecule has 0 aliphatic rings. The van der Waals surface area contributed by atoms with E-state index in [-0.39, 0.29) is 17.2 Å². The Morgan fingerprint density at radius 2 is 2.07 bits per heavy atom. The van der Waals surface area contributed by atoms with E-state index in [4.69, 9.17) is 16.7 Å². The number of hydrogen-bond acceptors (Lipinski definition) is 2. The van der Waals surface area contributed by atoms with E-state index in [0.717, 1.165) is 0 Å². The van der Waals surface area contributed by atoms with Crippen LogP contribution in [-0.4, -0.2) is 18.8 Å². The van der Waals surface area contributed by atoms with Crippen LogP contribution in [0.15, 0.2) is 6.07 Å². The SMILES string of the molecule is COc1c(F)c(Cl)cc(CCCO)c1F. The topological polar surface area (TPSA) is 29.5 Å². The zero-order chi connectivity index (χ0) is 11.4. The van der Waals surface area contributed by atoms with E-state index >= 15 is 0 Å². The Morgan fingerprint density at radius 1 is 1.40 bits per heavy atom. The fourth-order valence-electron chi connectivity index (χ4n) is 1.26. The summed E-state index contributed by atoms with van der Waals surface area (Å²) in [6, 6.07) is 1.21. The lowest BCUT2D eigenvalue weighted by molar-refractivity contribution is 0.287. The Morgan fingerprint density at radius 3 is 2.60 bits per heavy atom. The summed E-state index contributed by atoms with van der Waals surface area (Å²) >= 11 is 5.56. The maximum absolute atomic E-state index is 13.5. The normalized spacial score (nSPS) is 10.5. The lowest BCUT2D eigenvalue weighted by atomic mass is 10.1. The molecular weight excluding hydrogens is 226 g/mol. The summed E-state index contributed by atoms with van der Waals surface area (Å²) in [5.41, 5.74) is 0.243. The van der Waals surface area contributed by atoms with Crippen molar-refractivity contribution in [2.24, 2.45) is 0 Å². The summed E-state index contributed by atoms with van der Waals surface area (Å²) in [7, 11) is 1.17. The Balaban J connectivity index is 3.12. The quantitative estimate of drug-likeness (QED) is 0.815. The van der Waals surface area contributed by atoms with Crippen molar-refractivity contribution in [3.8, 4) is 5.75 Å². The highest BCUT2D eigenvalue weighted by Crippen LogP contribution is 2.31. The van der Waals surface area contributed by atoms with E-state index in [1.807, 2.05) is 0 Å². The maximum Gasteiger partial charge on any atom is 0.192 e. The van der Waals surface area contributed by atoms with Gasteiger partial charge in [0.05, 0.1) is 12.1 Å². The first-order valence-electron chi connectivity index (χ1n) is 4.43. The molecule has 15 heavy (non-hydrogen) atoms. The molecule has 5 heteroatoms. The van der Waals surface area contributed by atoms with Crippen LogP contribution in [0.25, 0.3) is 0 Å². The summed E-state index contributed by atoms with van der Waals surface area (Å²) in [5.74, 6) is -2.13. The molecule has 1 aromatic carbocycles. The zero-order valence-electron chi connectivity index (χ0n) is 8.19. The molecule has 84 valence electrons. The first-order chi connectivity index (χ1) is 7.11. The standard InChI is InChI=1S/C10H11ClF2O2/c1-15-10-8(12)6(3-2-4-14)5-7(11)9(10)13/h5,14H,2-4H2,1H3. The number of aryl methyl sites for hydroxylation is 1. The summed E-state index contributed by atoms with van der Waals surface area (Å²) in [4.78, 5) is 0. The molecule has 0 spiro atoms. The van der Waals surface area contributed by atoms with Crippen LogP contribution < -0.4 is 4.74 Å². The monoisotopic (exact) mass is 236 g/mol. The van der Waals surface area contributed by atoms with Crippen molar-refractivity contribution >= 4 is 11.6 Å². The highest BCUT2D eigenvalue weighted by Gasteiger charge is 2.17. The predicted octanol–water partition coefficient (Wildman–Crippen LogP) is 2.55. The molecule has 1 N–H and O–H groups in total. The summed E-state index contributed by atoms with van der Waals surface area (Å²) in [6.45, 7) is -0.0588. The van der Waals surface area contributed by atoms with Crippen LogP contribution in [0.3, 0.4) is 0 Å². The van der Waals surface area contributed by atoms with Crippen molar-refractivity contribution in [3.63, 3.8) is 0 Å². The lowest BCUT2D eigenvalue weighted by Crippen LogP contribution is -2.00. The highest BCUT2D eigenvalue weighted by molar-refractivity contribution is 6.31. The van der Waals surface area contributed by atoms with Crippen molar-refractivity contribution in [1.82, 2.24) is 0 Å². The second-order valence-corrected chi connectivity index (χ2v) is 3.41. The van der Waals surface area contributed by atoms with Crippen LogP contribution in [0.5, 0.6) is 5.75 Å². The van der Waals surface area contributed by atoms with E-state index in [0.29, 0.717) is 12.8 Å². The average molecular weight is 237 g/mol. The van der Waals surface area contributed by atoms with Gasteiger partial charge in [0, 0.05) is 6.61 Å². The molecule has 0 heterocycles. The zero-order valence-corrected chi connectivity index (χ0v) is 8.94. The van der Waals surface area contributed by atoms with Gasteiger partial charge in [0.25, 0.3) is 0 Å². The number of rotatable bonds is 4. The molecule has 1 rings (SSSR count). The van der Waals surface area contributed by atoms with Gasteiger partial charge in [0.1, 0.15) is 0 Å². The molecule has 0 bridgehead atoms. The Bertz CT molecular complexity index is 356. The van der Waals surface area contributed by atoms with Gasteiger partial charge in [-0.1, -0.05) is 11.6 Å². The average Bonchev–Trinajstić information content (AvgIpc) is 2.22. The van der Waals surface area contributed by atoms with E-state index in [1.165, 1.54) is 13.2 Å². The van der Waals surface area contributed by atoms with E-state index in [2.05, 4.69) is 4.74 Å². The Hall–Kier alpha value is -0.870. The number of halogens is 3. The number of aliphatic hydroxyl groups excluding tert-OH is 1. The van der Waals surface area contributed by atoms with Gasteiger partial charge in [-0.05, 0) is 24.5 Å². The molecule has 0 atom stereocenters. The fourth-order valence-corrected chi connectivity index (χ4v) is 1.48.